The summed E-state index contributed by atoms with van der Waals surface area (Å²) in [5, 5.41) is 0. The molecule has 0 N–H and O–H groups in total. The van der Waals surface area contributed by atoms with E-state index in [0.29, 0.717) is 16.0 Å². The number of nitrogens with zero attached hydrogens (tertiary/aromatic N) is 2. The van der Waals surface area contributed by atoms with Crippen molar-refractivity contribution in [3.63, 3.8) is 0 Å². The van der Waals surface area contributed by atoms with Crippen LogP contribution in [0.2, 0.25) is 0 Å². The molecule has 0 spiro atoms. The normalized spacial score (nSPS) is 11.0. The van der Waals surface area contributed by atoms with Gasteiger partial charge in [-0.1, -0.05) is 0 Å². The van der Waals surface area contributed by atoms with Crippen LogP contribution in [-0.4, -0.2) is 30.8 Å². The van der Waals surface area contributed by atoms with Gasteiger partial charge < -0.3 is 9.47 Å². The van der Waals surface area contributed by atoms with E-state index in [9.17, 15) is 4.79 Å². The summed E-state index contributed by atoms with van der Waals surface area (Å²) in [4.78, 5) is 17.4. The fraction of sp³-hybridized carbons (Fsp3) is 0.500. The Bertz CT molecular complexity index is 443. The largest absolute Gasteiger partial charge is 0.481 e. The van der Waals surface area contributed by atoms with Gasteiger partial charge in [0.1, 0.15) is 5.60 Å². The minimum absolute atomic E-state index is 0.434. The minimum atomic E-state index is -0.533. The molecule has 0 saturated heterocycles. The molecule has 0 aliphatic carbocycles. The summed E-state index contributed by atoms with van der Waals surface area (Å²) in [6.45, 7) is 5.46. The Morgan fingerprint density at radius 3 is 2.56 bits per heavy atom. The highest BCUT2D eigenvalue weighted by atomic mass is 79.9. The summed E-state index contributed by atoms with van der Waals surface area (Å²) in [6, 6.07) is 1.66. The average molecular weight is 317 g/mol. The van der Waals surface area contributed by atoms with Gasteiger partial charge in [0.15, 0.2) is 0 Å². The molecule has 1 amide bonds. The first-order chi connectivity index (χ1) is 8.24. The van der Waals surface area contributed by atoms with E-state index in [0.717, 1.165) is 0 Å². The highest BCUT2D eigenvalue weighted by Gasteiger charge is 2.22. The van der Waals surface area contributed by atoms with E-state index in [4.69, 9.17) is 9.47 Å². The molecule has 1 aromatic heterocycles. The molecular weight excluding hydrogens is 300 g/mol. The Kier molecular flexibility index (Phi) is 4.56. The first-order valence-corrected chi connectivity index (χ1v) is 6.20. The number of hydrogen-bond acceptors (Lipinski definition) is 4. The predicted molar refractivity (Wildman–Crippen MR) is 73.1 cm³/mol. The summed E-state index contributed by atoms with van der Waals surface area (Å²) in [7, 11) is 3.15. The molecule has 1 rings (SSSR count). The van der Waals surface area contributed by atoms with E-state index in [2.05, 4.69) is 20.9 Å². The molecule has 6 heteroatoms. The van der Waals surface area contributed by atoms with Crippen molar-refractivity contribution in [1.82, 2.24) is 4.98 Å². The van der Waals surface area contributed by atoms with E-state index >= 15 is 0 Å². The van der Waals surface area contributed by atoms with E-state index in [1.54, 1.807) is 19.3 Å². The summed E-state index contributed by atoms with van der Waals surface area (Å²) in [5.74, 6) is 0.434. The number of amides is 1. The minimum Gasteiger partial charge on any atom is -0.481 e. The van der Waals surface area contributed by atoms with Gasteiger partial charge in [-0.15, -0.1) is 0 Å². The Hall–Kier alpha value is -1.30. The Balaban J connectivity index is 2.96. The Morgan fingerprint density at radius 1 is 1.44 bits per heavy atom. The molecule has 5 nitrogen and oxygen atoms in total. The van der Waals surface area contributed by atoms with Crippen LogP contribution in [0, 0.1) is 0 Å². The lowest BCUT2D eigenvalue weighted by atomic mass is 10.2. The standard InChI is InChI=1S/C12H17BrN2O3/c1-12(2,3)18-11(16)15(4)9-6-10(17-5)14-7-8(9)13/h6-7H,1-5H3. The van der Waals surface area contributed by atoms with Crippen LogP contribution in [0.25, 0.3) is 0 Å². The van der Waals surface area contributed by atoms with Gasteiger partial charge in [0.2, 0.25) is 5.88 Å². The number of carbonyl (C=O) groups excluding carboxylic acids is 1. The SMILES string of the molecule is COc1cc(N(C)C(=O)OC(C)(C)C)c(Br)cn1. The van der Waals surface area contributed by atoms with Crippen LogP contribution in [0.1, 0.15) is 20.8 Å². The lowest BCUT2D eigenvalue weighted by Gasteiger charge is -2.25. The molecule has 0 fully saturated rings. The maximum Gasteiger partial charge on any atom is 0.414 e. The van der Waals surface area contributed by atoms with Crippen molar-refractivity contribution < 1.29 is 14.3 Å². The third-order valence-corrected chi connectivity index (χ3v) is 2.66. The molecule has 0 bridgehead atoms. The molecular formula is C12H17BrN2O3. The summed E-state index contributed by atoms with van der Waals surface area (Å²) in [6.07, 6.45) is 1.14. The van der Waals surface area contributed by atoms with E-state index in [1.165, 1.54) is 12.0 Å². The molecule has 100 valence electrons. The van der Waals surface area contributed by atoms with Crippen LogP contribution in [0.15, 0.2) is 16.7 Å². The van der Waals surface area contributed by atoms with Gasteiger partial charge in [-0.05, 0) is 36.7 Å². The van der Waals surface area contributed by atoms with Crippen molar-refractivity contribution in [3.05, 3.63) is 16.7 Å². The number of aromatic nitrogens is 1. The third kappa shape index (κ3) is 3.87. The van der Waals surface area contributed by atoms with Gasteiger partial charge in [-0.3, -0.25) is 4.90 Å². The van der Waals surface area contributed by atoms with Crippen LogP contribution < -0.4 is 9.64 Å². The van der Waals surface area contributed by atoms with Gasteiger partial charge in [-0.2, -0.15) is 0 Å². The van der Waals surface area contributed by atoms with Crippen molar-refractivity contribution in [1.29, 1.82) is 0 Å². The summed E-state index contributed by atoms with van der Waals surface area (Å²) < 4.78 is 11.0. The second kappa shape index (κ2) is 5.56. The zero-order valence-corrected chi connectivity index (χ0v) is 12.7. The third-order valence-electron chi connectivity index (χ3n) is 2.05. The van der Waals surface area contributed by atoms with Crippen molar-refractivity contribution in [3.8, 4) is 5.88 Å². The molecule has 0 atom stereocenters. The number of halogens is 1. The maximum absolute atomic E-state index is 11.9. The van der Waals surface area contributed by atoms with Crippen LogP contribution in [0.4, 0.5) is 10.5 Å². The second-order valence-electron chi connectivity index (χ2n) is 4.72. The highest BCUT2D eigenvalue weighted by Crippen LogP contribution is 2.28. The van der Waals surface area contributed by atoms with Crippen LogP contribution in [0.3, 0.4) is 0 Å². The summed E-state index contributed by atoms with van der Waals surface area (Å²) in [5.41, 5.74) is 0.102. The Morgan fingerprint density at radius 2 is 2.06 bits per heavy atom. The maximum atomic E-state index is 11.9. The van der Waals surface area contributed by atoms with Crippen molar-refractivity contribution in [2.45, 2.75) is 26.4 Å². The van der Waals surface area contributed by atoms with E-state index < -0.39 is 11.7 Å². The first kappa shape index (κ1) is 14.8. The number of pyridine rings is 1. The monoisotopic (exact) mass is 316 g/mol. The molecule has 0 unspecified atom stereocenters. The number of methoxy groups -OCH3 is 1. The fourth-order valence-electron chi connectivity index (χ4n) is 1.21. The second-order valence-corrected chi connectivity index (χ2v) is 5.57. The van der Waals surface area contributed by atoms with Gasteiger partial charge in [0, 0.05) is 19.3 Å². The van der Waals surface area contributed by atoms with Gasteiger partial charge in [0.25, 0.3) is 0 Å². The smallest absolute Gasteiger partial charge is 0.414 e. The molecule has 18 heavy (non-hydrogen) atoms. The van der Waals surface area contributed by atoms with E-state index in [-0.39, 0.29) is 0 Å². The molecule has 0 aromatic carbocycles. The zero-order chi connectivity index (χ0) is 13.9. The molecule has 0 aliphatic heterocycles. The first-order valence-electron chi connectivity index (χ1n) is 5.41. The van der Waals surface area contributed by atoms with Gasteiger partial charge >= 0.3 is 6.09 Å². The van der Waals surface area contributed by atoms with Crippen molar-refractivity contribution >= 4 is 27.7 Å². The Labute approximate surface area is 115 Å². The summed E-state index contributed by atoms with van der Waals surface area (Å²) >= 11 is 3.34. The molecule has 0 saturated carbocycles. The number of rotatable bonds is 2. The quantitative estimate of drug-likeness (QED) is 0.840. The van der Waals surface area contributed by atoms with Crippen LogP contribution in [0.5, 0.6) is 5.88 Å². The topological polar surface area (TPSA) is 51.7 Å². The average Bonchev–Trinajstić information content (AvgIpc) is 2.26. The molecule has 0 radical (unpaired) electrons. The van der Waals surface area contributed by atoms with Gasteiger partial charge in [0.05, 0.1) is 17.3 Å². The molecule has 1 aromatic rings. The number of carbonyl (C=O) groups is 1. The molecule has 0 aliphatic rings. The van der Waals surface area contributed by atoms with Crippen LogP contribution >= 0.6 is 15.9 Å². The fourth-order valence-corrected chi connectivity index (χ4v) is 1.69. The zero-order valence-electron chi connectivity index (χ0n) is 11.2. The van der Waals surface area contributed by atoms with E-state index in [1.807, 2.05) is 20.8 Å². The highest BCUT2D eigenvalue weighted by molar-refractivity contribution is 9.10. The lowest BCUT2D eigenvalue weighted by Crippen LogP contribution is -2.34. The number of anilines is 1. The van der Waals surface area contributed by atoms with Gasteiger partial charge in [-0.25, -0.2) is 9.78 Å². The number of ether oxygens (including phenoxy) is 2. The predicted octanol–water partition coefficient (Wildman–Crippen LogP) is 3.22. The molecule has 1 heterocycles. The van der Waals surface area contributed by atoms with Crippen molar-refractivity contribution in [2.24, 2.45) is 0 Å². The lowest BCUT2D eigenvalue weighted by molar-refractivity contribution is 0.0589. The van der Waals surface area contributed by atoms with Crippen molar-refractivity contribution in [2.75, 3.05) is 19.1 Å². The van der Waals surface area contributed by atoms with Crippen LogP contribution in [-0.2, 0) is 4.74 Å². The number of hydrogen-bond donors (Lipinski definition) is 0.